The van der Waals surface area contributed by atoms with Crippen LogP contribution in [0.3, 0.4) is 0 Å². The van der Waals surface area contributed by atoms with Crippen LogP contribution in [0, 0.1) is 0 Å². The summed E-state index contributed by atoms with van der Waals surface area (Å²) in [5.74, 6) is -0.933. The summed E-state index contributed by atoms with van der Waals surface area (Å²) in [6.45, 7) is 1.30. The Bertz CT molecular complexity index is 547. The summed E-state index contributed by atoms with van der Waals surface area (Å²) < 4.78 is 7.04. The fourth-order valence-electron chi connectivity index (χ4n) is 1.95. The molecule has 0 aliphatic carbocycles. The summed E-state index contributed by atoms with van der Waals surface area (Å²) in [4.78, 5) is 11.2. The molecule has 0 aliphatic rings. The Kier molecular flexibility index (Phi) is 3.96. The third-order valence-electron chi connectivity index (χ3n) is 2.73. The van der Waals surface area contributed by atoms with Crippen molar-refractivity contribution in [2.45, 2.75) is 6.54 Å². The maximum absolute atomic E-state index is 11.2. The SMILES string of the molecule is O=C(O)c1cccc2ccn(CCOCCO)c12. The number of fused-ring (bicyclic) bond motifs is 1. The van der Waals surface area contributed by atoms with Crippen LogP contribution >= 0.6 is 0 Å². The Morgan fingerprint density at radius 3 is 2.83 bits per heavy atom. The molecular formula is C13H15NO4. The lowest BCUT2D eigenvalue weighted by Crippen LogP contribution is -2.09. The van der Waals surface area contributed by atoms with Gasteiger partial charge in [0.1, 0.15) is 0 Å². The molecule has 0 amide bonds. The van der Waals surface area contributed by atoms with Crippen LogP contribution in [-0.4, -0.2) is 40.6 Å². The summed E-state index contributed by atoms with van der Waals surface area (Å²) in [5.41, 5.74) is 0.997. The highest BCUT2D eigenvalue weighted by atomic mass is 16.5. The molecule has 1 aromatic heterocycles. The number of ether oxygens (including phenoxy) is 1. The van der Waals surface area contributed by atoms with Gasteiger partial charge < -0.3 is 19.5 Å². The van der Waals surface area contributed by atoms with Crippen molar-refractivity contribution in [3.8, 4) is 0 Å². The maximum atomic E-state index is 11.2. The van der Waals surface area contributed by atoms with Gasteiger partial charge in [0, 0.05) is 18.1 Å². The second kappa shape index (κ2) is 5.66. The van der Waals surface area contributed by atoms with Gasteiger partial charge in [0.15, 0.2) is 0 Å². The predicted molar refractivity (Wildman–Crippen MR) is 66.8 cm³/mol. The highest BCUT2D eigenvalue weighted by Crippen LogP contribution is 2.20. The molecule has 0 aliphatic heterocycles. The van der Waals surface area contributed by atoms with E-state index >= 15 is 0 Å². The molecule has 1 heterocycles. The molecule has 0 atom stereocenters. The molecule has 96 valence electrons. The van der Waals surface area contributed by atoms with E-state index in [9.17, 15) is 4.79 Å². The van der Waals surface area contributed by atoms with Gasteiger partial charge in [-0.3, -0.25) is 0 Å². The standard InChI is InChI=1S/C13H15NO4/c15-7-9-18-8-6-14-5-4-10-2-1-3-11(12(10)14)13(16)17/h1-5,15H,6-9H2,(H,16,17). The summed E-state index contributed by atoms with van der Waals surface area (Å²) >= 11 is 0. The van der Waals surface area contributed by atoms with Gasteiger partial charge in [-0.25, -0.2) is 4.79 Å². The smallest absolute Gasteiger partial charge is 0.337 e. The molecule has 2 aromatic rings. The number of aliphatic hydroxyl groups excluding tert-OH is 1. The number of carbonyl (C=O) groups is 1. The van der Waals surface area contributed by atoms with E-state index in [1.54, 1.807) is 12.1 Å². The molecule has 0 unspecified atom stereocenters. The predicted octanol–water partition coefficient (Wildman–Crippen LogP) is 1.35. The molecule has 0 spiro atoms. The molecule has 1 aromatic carbocycles. The van der Waals surface area contributed by atoms with E-state index in [0.29, 0.717) is 30.8 Å². The zero-order valence-electron chi connectivity index (χ0n) is 9.87. The Balaban J connectivity index is 2.25. The lowest BCUT2D eigenvalue weighted by Gasteiger charge is -2.08. The fourth-order valence-corrected chi connectivity index (χ4v) is 1.95. The average molecular weight is 249 g/mol. The molecular weight excluding hydrogens is 234 g/mol. The van der Waals surface area contributed by atoms with Crippen LogP contribution in [0.5, 0.6) is 0 Å². The van der Waals surface area contributed by atoms with Crippen molar-refractivity contribution < 1.29 is 19.7 Å². The van der Waals surface area contributed by atoms with Crippen molar-refractivity contribution >= 4 is 16.9 Å². The van der Waals surface area contributed by atoms with Crippen molar-refractivity contribution in [2.75, 3.05) is 19.8 Å². The number of benzene rings is 1. The number of para-hydroxylation sites is 1. The third kappa shape index (κ3) is 2.52. The maximum Gasteiger partial charge on any atom is 0.337 e. The molecule has 2 N–H and O–H groups in total. The van der Waals surface area contributed by atoms with E-state index in [1.807, 2.05) is 22.9 Å². The monoisotopic (exact) mass is 249 g/mol. The number of aliphatic hydroxyl groups is 1. The lowest BCUT2D eigenvalue weighted by atomic mass is 10.1. The van der Waals surface area contributed by atoms with Crippen LogP contribution in [-0.2, 0) is 11.3 Å². The molecule has 0 fully saturated rings. The first kappa shape index (κ1) is 12.6. The van der Waals surface area contributed by atoms with Crippen molar-refractivity contribution in [3.05, 3.63) is 36.0 Å². The first-order valence-corrected chi connectivity index (χ1v) is 5.74. The zero-order chi connectivity index (χ0) is 13.0. The number of nitrogens with zero attached hydrogens (tertiary/aromatic N) is 1. The molecule has 5 nitrogen and oxygen atoms in total. The minimum atomic E-state index is -0.933. The van der Waals surface area contributed by atoms with E-state index < -0.39 is 5.97 Å². The number of rotatable bonds is 6. The zero-order valence-corrected chi connectivity index (χ0v) is 9.87. The average Bonchev–Trinajstić information content (AvgIpc) is 2.77. The highest BCUT2D eigenvalue weighted by molar-refractivity contribution is 6.02. The molecule has 0 radical (unpaired) electrons. The second-order valence-electron chi connectivity index (χ2n) is 3.89. The molecule has 2 rings (SSSR count). The summed E-state index contributed by atoms with van der Waals surface area (Å²) in [6.07, 6.45) is 1.85. The van der Waals surface area contributed by atoms with Crippen LogP contribution in [0.25, 0.3) is 10.9 Å². The van der Waals surface area contributed by atoms with Gasteiger partial charge in [0.05, 0.1) is 30.9 Å². The number of aromatic carboxylic acids is 1. The van der Waals surface area contributed by atoms with E-state index in [2.05, 4.69) is 0 Å². The molecule has 0 bridgehead atoms. The summed E-state index contributed by atoms with van der Waals surface area (Å²) in [7, 11) is 0. The van der Waals surface area contributed by atoms with Crippen LogP contribution in [0.4, 0.5) is 0 Å². The van der Waals surface area contributed by atoms with Crippen molar-refractivity contribution in [2.24, 2.45) is 0 Å². The Morgan fingerprint density at radius 2 is 2.11 bits per heavy atom. The molecule has 0 saturated heterocycles. The van der Waals surface area contributed by atoms with Gasteiger partial charge in [0.25, 0.3) is 0 Å². The largest absolute Gasteiger partial charge is 0.478 e. The summed E-state index contributed by atoms with van der Waals surface area (Å²) in [5, 5.41) is 18.7. The van der Waals surface area contributed by atoms with E-state index in [1.165, 1.54) is 0 Å². The number of carboxylic acid groups (broad SMARTS) is 1. The minimum absolute atomic E-state index is 0.00714. The summed E-state index contributed by atoms with van der Waals surface area (Å²) in [6, 6.07) is 7.09. The fraction of sp³-hybridized carbons (Fsp3) is 0.308. The Morgan fingerprint density at radius 1 is 1.28 bits per heavy atom. The van der Waals surface area contributed by atoms with Gasteiger partial charge in [-0.2, -0.15) is 0 Å². The van der Waals surface area contributed by atoms with E-state index in [-0.39, 0.29) is 6.61 Å². The topological polar surface area (TPSA) is 71.7 Å². The van der Waals surface area contributed by atoms with Gasteiger partial charge in [-0.1, -0.05) is 12.1 Å². The van der Waals surface area contributed by atoms with Gasteiger partial charge >= 0.3 is 5.97 Å². The quantitative estimate of drug-likeness (QED) is 0.758. The molecule has 5 heteroatoms. The van der Waals surface area contributed by atoms with E-state index in [4.69, 9.17) is 14.9 Å². The second-order valence-corrected chi connectivity index (χ2v) is 3.89. The number of carboxylic acids is 1. The van der Waals surface area contributed by atoms with Crippen LogP contribution in [0.15, 0.2) is 30.5 Å². The Labute approximate surface area is 104 Å². The number of aromatic nitrogens is 1. The number of hydrogen-bond acceptors (Lipinski definition) is 3. The van der Waals surface area contributed by atoms with Crippen molar-refractivity contribution in [1.29, 1.82) is 0 Å². The van der Waals surface area contributed by atoms with Gasteiger partial charge in [0.2, 0.25) is 0 Å². The molecule has 0 saturated carbocycles. The van der Waals surface area contributed by atoms with Gasteiger partial charge in [-0.05, 0) is 12.1 Å². The van der Waals surface area contributed by atoms with E-state index in [0.717, 1.165) is 5.39 Å². The first-order chi connectivity index (χ1) is 8.74. The molecule has 18 heavy (non-hydrogen) atoms. The van der Waals surface area contributed by atoms with Crippen molar-refractivity contribution in [3.63, 3.8) is 0 Å². The van der Waals surface area contributed by atoms with Gasteiger partial charge in [-0.15, -0.1) is 0 Å². The van der Waals surface area contributed by atoms with Crippen LogP contribution < -0.4 is 0 Å². The third-order valence-corrected chi connectivity index (χ3v) is 2.73. The minimum Gasteiger partial charge on any atom is -0.478 e. The highest BCUT2D eigenvalue weighted by Gasteiger charge is 2.11. The normalized spacial score (nSPS) is 10.9. The van der Waals surface area contributed by atoms with Crippen LogP contribution in [0.2, 0.25) is 0 Å². The Hall–Kier alpha value is -1.85. The van der Waals surface area contributed by atoms with Crippen LogP contribution in [0.1, 0.15) is 10.4 Å². The number of hydrogen-bond donors (Lipinski definition) is 2. The lowest BCUT2D eigenvalue weighted by molar-refractivity contribution is 0.0698. The first-order valence-electron chi connectivity index (χ1n) is 5.74. The van der Waals surface area contributed by atoms with Crippen molar-refractivity contribution in [1.82, 2.24) is 4.57 Å².